The molecule has 1 aromatic carbocycles. The van der Waals surface area contributed by atoms with E-state index in [9.17, 15) is 4.79 Å². The molecule has 2 aromatic heterocycles. The fraction of sp³-hybridized carbons (Fsp3) is 0.263. The van der Waals surface area contributed by atoms with Gasteiger partial charge in [0, 0.05) is 24.8 Å². The fourth-order valence-electron chi connectivity index (χ4n) is 3.55. The van der Waals surface area contributed by atoms with Crippen LogP contribution in [-0.2, 0) is 0 Å². The SMILES string of the molecule is CN1CC[C@H](Nc2cc(=O)n3ccccc3n2)[C@@H]1c1ccccc1. The third-order valence-corrected chi connectivity index (χ3v) is 4.69. The van der Waals surface area contributed by atoms with Crippen molar-refractivity contribution in [3.63, 3.8) is 0 Å². The summed E-state index contributed by atoms with van der Waals surface area (Å²) in [5, 5.41) is 3.49. The Bertz CT molecular complexity index is 906. The number of hydrogen-bond donors (Lipinski definition) is 1. The molecule has 0 aliphatic carbocycles. The molecule has 0 amide bonds. The number of hydrogen-bond acceptors (Lipinski definition) is 4. The van der Waals surface area contributed by atoms with Gasteiger partial charge in [0.2, 0.25) is 0 Å². The number of likely N-dealkylation sites (tertiary alicyclic amines) is 1. The first-order valence-corrected chi connectivity index (χ1v) is 8.22. The van der Waals surface area contributed by atoms with E-state index < -0.39 is 0 Å². The number of aromatic nitrogens is 2. The summed E-state index contributed by atoms with van der Waals surface area (Å²) in [5.41, 5.74) is 1.88. The summed E-state index contributed by atoms with van der Waals surface area (Å²) in [6, 6.07) is 18.1. The van der Waals surface area contributed by atoms with E-state index in [-0.39, 0.29) is 17.6 Å². The molecule has 0 spiro atoms. The Kier molecular flexibility index (Phi) is 3.78. The molecule has 1 fully saturated rings. The zero-order valence-corrected chi connectivity index (χ0v) is 13.6. The van der Waals surface area contributed by atoms with Crippen LogP contribution in [0.4, 0.5) is 5.82 Å². The Morgan fingerprint density at radius 1 is 1.12 bits per heavy atom. The lowest BCUT2D eigenvalue weighted by Crippen LogP contribution is -2.30. The van der Waals surface area contributed by atoms with Crippen LogP contribution in [0.2, 0.25) is 0 Å². The Morgan fingerprint density at radius 3 is 2.75 bits per heavy atom. The van der Waals surface area contributed by atoms with Crippen molar-refractivity contribution in [2.24, 2.45) is 0 Å². The predicted molar refractivity (Wildman–Crippen MR) is 95.3 cm³/mol. The minimum atomic E-state index is -0.0642. The van der Waals surface area contributed by atoms with Gasteiger partial charge in [-0.1, -0.05) is 36.4 Å². The van der Waals surface area contributed by atoms with Crippen molar-refractivity contribution in [2.75, 3.05) is 18.9 Å². The summed E-state index contributed by atoms with van der Waals surface area (Å²) < 4.78 is 1.56. The van der Waals surface area contributed by atoms with E-state index in [1.165, 1.54) is 5.56 Å². The monoisotopic (exact) mass is 320 g/mol. The summed E-state index contributed by atoms with van der Waals surface area (Å²) in [5.74, 6) is 0.646. The predicted octanol–water partition coefficient (Wildman–Crippen LogP) is 2.55. The summed E-state index contributed by atoms with van der Waals surface area (Å²) >= 11 is 0. The molecule has 3 heterocycles. The van der Waals surface area contributed by atoms with Crippen LogP contribution < -0.4 is 10.9 Å². The van der Waals surface area contributed by atoms with Gasteiger partial charge in [0.15, 0.2) is 0 Å². The van der Waals surface area contributed by atoms with Crippen molar-refractivity contribution < 1.29 is 0 Å². The van der Waals surface area contributed by atoms with Gasteiger partial charge in [-0.2, -0.15) is 0 Å². The number of pyridine rings is 1. The first kappa shape index (κ1) is 14.9. The summed E-state index contributed by atoms with van der Waals surface area (Å²) in [7, 11) is 2.14. The van der Waals surface area contributed by atoms with Gasteiger partial charge < -0.3 is 5.32 Å². The standard InChI is InChI=1S/C19H20N4O/c1-22-12-10-15(19(22)14-7-3-2-4-8-14)20-16-13-18(24)23-11-6-5-9-17(23)21-16/h2-9,11,13,15,19-20H,10,12H2,1H3/t15-,19-/m0/s1. The highest BCUT2D eigenvalue weighted by Crippen LogP contribution is 2.32. The molecule has 1 aliphatic rings. The van der Waals surface area contributed by atoms with Crippen molar-refractivity contribution >= 4 is 11.5 Å². The molecule has 3 aromatic rings. The number of nitrogens with zero attached hydrogens (tertiary/aromatic N) is 3. The first-order chi connectivity index (χ1) is 11.7. The van der Waals surface area contributed by atoms with Crippen LogP contribution in [0.5, 0.6) is 0 Å². The van der Waals surface area contributed by atoms with Crippen LogP contribution in [-0.4, -0.2) is 33.9 Å². The molecule has 1 aliphatic heterocycles. The molecule has 0 radical (unpaired) electrons. The van der Waals surface area contributed by atoms with Gasteiger partial charge in [-0.3, -0.25) is 14.1 Å². The zero-order valence-electron chi connectivity index (χ0n) is 13.6. The molecular formula is C19H20N4O. The topological polar surface area (TPSA) is 49.6 Å². The third kappa shape index (κ3) is 2.67. The van der Waals surface area contributed by atoms with Crippen molar-refractivity contribution in [1.82, 2.24) is 14.3 Å². The van der Waals surface area contributed by atoms with E-state index in [4.69, 9.17) is 0 Å². The van der Waals surface area contributed by atoms with Gasteiger partial charge in [-0.15, -0.1) is 0 Å². The van der Waals surface area contributed by atoms with Crippen molar-refractivity contribution in [3.8, 4) is 0 Å². The maximum absolute atomic E-state index is 12.3. The largest absolute Gasteiger partial charge is 0.365 e. The van der Waals surface area contributed by atoms with E-state index >= 15 is 0 Å². The molecule has 2 atom stereocenters. The molecular weight excluding hydrogens is 300 g/mol. The maximum Gasteiger partial charge on any atom is 0.259 e. The second-order valence-electron chi connectivity index (χ2n) is 6.28. The van der Waals surface area contributed by atoms with Crippen molar-refractivity contribution in [3.05, 3.63) is 76.7 Å². The van der Waals surface area contributed by atoms with Gasteiger partial charge in [0.1, 0.15) is 11.5 Å². The van der Waals surface area contributed by atoms with Crippen LogP contribution in [0.1, 0.15) is 18.0 Å². The number of benzene rings is 1. The third-order valence-electron chi connectivity index (χ3n) is 4.69. The van der Waals surface area contributed by atoms with Gasteiger partial charge in [0.05, 0.1) is 6.04 Å². The lowest BCUT2D eigenvalue weighted by Gasteiger charge is -2.26. The molecule has 0 unspecified atom stereocenters. The lowest BCUT2D eigenvalue weighted by molar-refractivity contribution is 0.309. The van der Waals surface area contributed by atoms with Gasteiger partial charge in [-0.05, 0) is 31.2 Å². The van der Waals surface area contributed by atoms with Crippen LogP contribution in [0, 0.1) is 0 Å². The van der Waals surface area contributed by atoms with E-state index in [2.05, 4.69) is 46.5 Å². The van der Waals surface area contributed by atoms with Crippen molar-refractivity contribution in [2.45, 2.75) is 18.5 Å². The molecule has 122 valence electrons. The quantitative estimate of drug-likeness (QED) is 0.806. The summed E-state index contributed by atoms with van der Waals surface area (Å²) in [4.78, 5) is 19.2. The van der Waals surface area contributed by atoms with Crippen LogP contribution in [0.3, 0.4) is 0 Å². The number of rotatable bonds is 3. The van der Waals surface area contributed by atoms with Gasteiger partial charge >= 0.3 is 0 Å². The van der Waals surface area contributed by atoms with Crippen molar-refractivity contribution in [1.29, 1.82) is 0 Å². The van der Waals surface area contributed by atoms with Crippen LogP contribution in [0.25, 0.3) is 5.65 Å². The molecule has 1 N–H and O–H groups in total. The second kappa shape index (κ2) is 6.09. The molecule has 0 bridgehead atoms. The minimum absolute atomic E-state index is 0.0642. The smallest absolute Gasteiger partial charge is 0.259 e. The Labute approximate surface area is 140 Å². The Balaban J connectivity index is 1.66. The molecule has 5 nitrogen and oxygen atoms in total. The number of nitrogens with one attached hydrogen (secondary N) is 1. The van der Waals surface area contributed by atoms with Gasteiger partial charge in [-0.25, -0.2) is 4.98 Å². The Hall–Kier alpha value is -2.66. The van der Waals surface area contributed by atoms with Crippen LogP contribution >= 0.6 is 0 Å². The molecule has 24 heavy (non-hydrogen) atoms. The van der Waals surface area contributed by atoms with E-state index in [0.717, 1.165) is 13.0 Å². The molecule has 0 saturated carbocycles. The fourth-order valence-corrected chi connectivity index (χ4v) is 3.55. The maximum atomic E-state index is 12.3. The molecule has 4 rings (SSSR count). The number of fused-ring (bicyclic) bond motifs is 1. The minimum Gasteiger partial charge on any atom is -0.365 e. The van der Waals surface area contributed by atoms with E-state index in [0.29, 0.717) is 11.5 Å². The summed E-state index contributed by atoms with van der Waals surface area (Å²) in [6.45, 7) is 1.02. The average Bonchev–Trinajstić information content (AvgIpc) is 2.96. The first-order valence-electron chi connectivity index (χ1n) is 8.22. The molecule has 1 saturated heterocycles. The van der Waals surface area contributed by atoms with Gasteiger partial charge in [0.25, 0.3) is 5.56 Å². The highest BCUT2D eigenvalue weighted by molar-refractivity contribution is 5.47. The average molecular weight is 320 g/mol. The zero-order chi connectivity index (χ0) is 16.5. The van der Waals surface area contributed by atoms with Crippen LogP contribution in [0.15, 0.2) is 65.6 Å². The number of anilines is 1. The normalized spacial score (nSPS) is 21.2. The lowest BCUT2D eigenvalue weighted by atomic mass is 10.0. The van der Waals surface area contributed by atoms with E-state index in [1.54, 1.807) is 16.7 Å². The Morgan fingerprint density at radius 2 is 1.92 bits per heavy atom. The summed E-state index contributed by atoms with van der Waals surface area (Å²) in [6.07, 6.45) is 2.76. The molecule has 5 heteroatoms. The number of likely N-dealkylation sites (N-methyl/N-ethyl adjacent to an activating group) is 1. The highest BCUT2D eigenvalue weighted by atomic mass is 16.1. The van der Waals surface area contributed by atoms with E-state index in [1.807, 2.05) is 24.3 Å². The highest BCUT2D eigenvalue weighted by Gasteiger charge is 2.33. The second-order valence-corrected chi connectivity index (χ2v) is 6.28.